The number of ether oxygens (including phenoxy) is 1. The summed E-state index contributed by atoms with van der Waals surface area (Å²) in [7, 11) is 0. The molecule has 1 N–H and O–H groups in total. The van der Waals surface area contributed by atoms with Crippen molar-refractivity contribution in [2.24, 2.45) is 0 Å². The topological polar surface area (TPSA) is 71.8 Å². The van der Waals surface area contributed by atoms with Gasteiger partial charge in [-0.1, -0.05) is 23.2 Å². The summed E-state index contributed by atoms with van der Waals surface area (Å²) in [6, 6.07) is 7.84. The lowest BCUT2D eigenvalue weighted by molar-refractivity contribution is -0.143. The highest BCUT2D eigenvalue weighted by molar-refractivity contribution is 6.36. The van der Waals surface area contributed by atoms with E-state index in [2.05, 4.69) is 5.32 Å². The second-order valence-corrected chi connectivity index (χ2v) is 5.95. The van der Waals surface area contributed by atoms with Crippen molar-refractivity contribution in [1.82, 2.24) is 4.90 Å². The summed E-state index contributed by atoms with van der Waals surface area (Å²) in [4.78, 5) is 25.6. The standard InChI is InChI=1S/C17H18Cl2N2O4/c1-2-24-16(22)7-8-21(11-13-4-3-9-25-13)17(23)20-15-6-5-12(18)10-14(15)19/h3-6,9-10H,2,7-8,11H2,1H3,(H,20,23). The fourth-order valence-corrected chi connectivity index (χ4v) is 2.54. The SMILES string of the molecule is CCOC(=O)CCN(Cc1ccco1)C(=O)Nc1ccc(Cl)cc1Cl. The summed E-state index contributed by atoms with van der Waals surface area (Å²) in [6.45, 7) is 2.41. The summed E-state index contributed by atoms with van der Waals surface area (Å²) in [5.41, 5.74) is 0.427. The minimum absolute atomic E-state index is 0.0797. The molecular formula is C17H18Cl2N2O4. The zero-order chi connectivity index (χ0) is 18.2. The van der Waals surface area contributed by atoms with Crippen LogP contribution in [0.15, 0.2) is 41.0 Å². The Morgan fingerprint density at radius 2 is 2.08 bits per heavy atom. The summed E-state index contributed by atoms with van der Waals surface area (Å²) in [5, 5.41) is 3.50. The Bertz CT molecular complexity index is 719. The van der Waals surface area contributed by atoms with Crippen LogP contribution in [0.5, 0.6) is 0 Å². The first-order valence-corrected chi connectivity index (χ1v) is 8.44. The summed E-state index contributed by atoms with van der Waals surface area (Å²) in [6.07, 6.45) is 1.60. The van der Waals surface area contributed by atoms with Crippen LogP contribution in [0, 0.1) is 0 Å². The number of amides is 2. The molecule has 0 bridgehead atoms. The van der Waals surface area contributed by atoms with Crippen LogP contribution in [0.25, 0.3) is 0 Å². The molecule has 1 heterocycles. The number of nitrogens with zero attached hydrogens (tertiary/aromatic N) is 1. The van der Waals surface area contributed by atoms with E-state index in [0.717, 1.165) is 0 Å². The number of anilines is 1. The molecule has 0 fully saturated rings. The van der Waals surface area contributed by atoms with Crippen molar-refractivity contribution in [3.8, 4) is 0 Å². The van der Waals surface area contributed by atoms with Crippen molar-refractivity contribution in [2.75, 3.05) is 18.5 Å². The van der Waals surface area contributed by atoms with Gasteiger partial charge < -0.3 is 19.4 Å². The van der Waals surface area contributed by atoms with Gasteiger partial charge in [0.2, 0.25) is 0 Å². The number of esters is 1. The van der Waals surface area contributed by atoms with E-state index >= 15 is 0 Å². The third-order valence-electron chi connectivity index (χ3n) is 3.28. The lowest BCUT2D eigenvalue weighted by Gasteiger charge is -2.22. The number of halogens is 2. The molecule has 2 rings (SSSR count). The third-order valence-corrected chi connectivity index (χ3v) is 3.83. The van der Waals surface area contributed by atoms with Crippen LogP contribution in [0.2, 0.25) is 10.0 Å². The zero-order valence-corrected chi connectivity index (χ0v) is 15.1. The lowest BCUT2D eigenvalue weighted by Crippen LogP contribution is -2.36. The Labute approximate surface area is 155 Å². The van der Waals surface area contributed by atoms with Gasteiger partial charge >= 0.3 is 12.0 Å². The first kappa shape index (κ1) is 19.1. The van der Waals surface area contributed by atoms with Crippen molar-refractivity contribution >= 4 is 40.9 Å². The van der Waals surface area contributed by atoms with Crippen LogP contribution in [-0.4, -0.2) is 30.1 Å². The maximum Gasteiger partial charge on any atom is 0.322 e. The molecule has 1 aromatic carbocycles. The minimum Gasteiger partial charge on any atom is -0.467 e. The van der Waals surface area contributed by atoms with E-state index in [1.165, 1.54) is 17.2 Å². The van der Waals surface area contributed by atoms with E-state index in [1.54, 1.807) is 31.2 Å². The molecular weight excluding hydrogens is 367 g/mol. The van der Waals surface area contributed by atoms with Crippen molar-refractivity contribution in [3.05, 3.63) is 52.4 Å². The molecule has 0 saturated carbocycles. The molecule has 1 aromatic heterocycles. The molecule has 0 radical (unpaired) electrons. The molecule has 2 aromatic rings. The fraction of sp³-hybridized carbons (Fsp3) is 0.294. The maximum atomic E-state index is 12.6. The smallest absolute Gasteiger partial charge is 0.322 e. The quantitative estimate of drug-likeness (QED) is 0.709. The molecule has 0 spiro atoms. The van der Waals surface area contributed by atoms with Gasteiger partial charge in [-0.25, -0.2) is 4.79 Å². The molecule has 0 unspecified atom stereocenters. The van der Waals surface area contributed by atoms with Gasteiger partial charge in [0.05, 0.1) is 36.5 Å². The van der Waals surface area contributed by atoms with E-state index in [0.29, 0.717) is 28.1 Å². The second-order valence-electron chi connectivity index (χ2n) is 5.11. The average Bonchev–Trinajstić information content (AvgIpc) is 3.07. The van der Waals surface area contributed by atoms with Gasteiger partial charge in [-0.3, -0.25) is 4.79 Å². The van der Waals surface area contributed by atoms with Crippen molar-refractivity contribution in [1.29, 1.82) is 0 Å². The lowest BCUT2D eigenvalue weighted by atomic mass is 10.3. The molecule has 0 atom stereocenters. The van der Waals surface area contributed by atoms with Gasteiger partial charge in [-0.2, -0.15) is 0 Å². The molecule has 134 valence electrons. The summed E-state index contributed by atoms with van der Waals surface area (Å²) < 4.78 is 10.2. The Balaban J connectivity index is 2.06. The van der Waals surface area contributed by atoms with E-state index in [9.17, 15) is 9.59 Å². The van der Waals surface area contributed by atoms with Crippen LogP contribution in [0.1, 0.15) is 19.1 Å². The number of carbonyl (C=O) groups excluding carboxylic acids is 2. The number of hydrogen-bond donors (Lipinski definition) is 1. The first-order valence-electron chi connectivity index (χ1n) is 7.68. The minimum atomic E-state index is -0.412. The number of nitrogens with one attached hydrogen (secondary N) is 1. The van der Waals surface area contributed by atoms with Crippen molar-refractivity contribution in [3.63, 3.8) is 0 Å². The third kappa shape index (κ3) is 5.99. The number of rotatable bonds is 7. The number of benzene rings is 1. The van der Waals surface area contributed by atoms with Crippen molar-refractivity contribution in [2.45, 2.75) is 19.9 Å². The van der Waals surface area contributed by atoms with Crippen LogP contribution >= 0.6 is 23.2 Å². The molecule has 0 aliphatic rings. The van der Waals surface area contributed by atoms with Gasteiger partial charge in [0.25, 0.3) is 0 Å². The highest BCUT2D eigenvalue weighted by Gasteiger charge is 2.18. The van der Waals surface area contributed by atoms with E-state index in [4.69, 9.17) is 32.4 Å². The second kappa shape index (κ2) is 9.34. The zero-order valence-electron chi connectivity index (χ0n) is 13.6. The Morgan fingerprint density at radius 3 is 2.72 bits per heavy atom. The summed E-state index contributed by atoms with van der Waals surface area (Å²) in [5.74, 6) is 0.227. The molecule has 0 aliphatic heterocycles. The fourth-order valence-electron chi connectivity index (χ4n) is 2.09. The van der Waals surface area contributed by atoms with Gasteiger partial charge in [0.15, 0.2) is 0 Å². The van der Waals surface area contributed by atoms with Gasteiger partial charge in [0, 0.05) is 11.6 Å². The molecule has 2 amide bonds. The highest BCUT2D eigenvalue weighted by atomic mass is 35.5. The van der Waals surface area contributed by atoms with E-state index < -0.39 is 6.03 Å². The Hall–Kier alpha value is -2.18. The molecule has 25 heavy (non-hydrogen) atoms. The molecule has 6 nitrogen and oxygen atoms in total. The average molecular weight is 385 g/mol. The first-order chi connectivity index (χ1) is 12.0. The van der Waals surface area contributed by atoms with Crippen LogP contribution in [0.3, 0.4) is 0 Å². The largest absolute Gasteiger partial charge is 0.467 e. The van der Waals surface area contributed by atoms with Crippen LogP contribution < -0.4 is 5.32 Å². The predicted octanol–water partition coefficient (Wildman–Crippen LogP) is 4.57. The van der Waals surface area contributed by atoms with Gasteiger partial charge in [-0.15, -0.1) is 0 Å². The Morgan fingerprint density at radius 1 is 1.28 bits per heavy atom. The number of hydrogen-bond acceptors (Lipinski definition) is 4. The normalized spacial score (nSPS) is 10.4. The monoisotopic (exact) mass is 384 g/mol. The van der Waals surface area contributed by atoms with Crippen LogP contribution in [0.4, 0.5) is 10.5 Å². The van der Waals surface area contributed by atoms with E-state index in [-0.39, 0.29) is 25.5 Å². The maximum absolute atomic E-state index is 12.6. The van der Waals surface area contributed by atoms with Crippen molar-refractivity contribution < 1.29 is 18.7 Å². The van der Waals surface area contributed by atoms with E-state index in [1.807, 2.05) is 0 Å². The Kier molecular flexibility index (Phi) is 7.16. The van der Waals surface area contributed by atoms with Gasteiger partial charge in [-0.05, 0) is 37.3 Å². The number of urea groups is 1. The number of carbonyl (C=O) groups is 2. The van der Waals surface area contributed by atoms with Gasteiger partial charge in [0.1, 0.15) is 5.76 Å². The summed E-state index contributed by atoms with van der Waals surface area (Å²) >= 11 is 11.9. The van der Waals surface area contributed by atoms with Crippen LogP contribution in [-0.2, 0) is 16.1 Å². The number of furan rings is 1. The predicted molar refractivity (Wildman–Crippen MR) is 95.8 cm³/mol. The molecule has 0 aliphatic carbocycles. The molecule has 0 saturated heterocycles. The highest BCUT2D eigenvalue weighted by Crippen LogP contribution is 2.25. The molecule has 8 heteroatoms.